The molecule has 0 saturated carbocycles. The fourth-order valence-electron chi connectivity index (χ4n) is 1.28. The third-order valence-corrected chi connectivity index (χ3v) is 2.20. The second kappa shape index (κ2) is 2.67. The van der Waals surface area contributed by atoms with Crippen molar-refractivity contribution in [2.75, 3.05) is 6.54 Å². The van der Waals surface area contributed by atoms with Crippen molar-refractivity contribution in [2.24, 2.45) is 0 Å². The number of hydrogen-bond donors (Lipinski definition) is 1. The van der Waals surface area contributed by atoms with Gasteiger partial charge in [-0.05, 0) is 17.5 Å². The third kappa shape index (κ3) is 1.43. The first-order valence-corrected chi connectivity index (χ1v) is 4.22. The van der Waals surface area contributed by atoms with Crippen molar-refractivity contribution in [2.45, 2.75) is 19.4 Å². The van der Waals surface area contributed by atoms with Crippen LogP contribution >= 0.6 is 0 Å². The third-order valence-electron chi connectivity index (χ3n) is 2.20. The quantitative estimate of drug-likeness (QED) is 0.634. The lowest BCUT2D eigenvalue weighted by Crippen LogP contribution is -1.85. The highest BCUT2D eigenvalue weighted by atomic mass is 15.1. The van der Waals surface area contributed by atoms with E-state index in [2.05, 4.69) is 36.5 Å². The van der Waals surface area contributed by atoms with Crippen LogP contribution in [0.25, 0.3) is 0 Å². The van der Waals surface area contributed by atoms with Gasteiger partial charge in [-0.1, -0.05) is 31.2 Å². The van der Waals surface area contributed by atoms with E-state index in [1.165, 1.54) is 11.1 Å². The van der Waals surface area contributed by atoms with Gasteiger partial charge in [0, 0.05) is 12.6 Å². The molecule has 1 aliphatic heterocycles. The normalized spacial score (nSPS) is 21.7. The van der Waals surface area contributed by atoms with Crippen molar-refractivity contribution in [3.05, 3.63) is 35.4 Å². The van der Waals surface area contributed by atoms with Gasteiger partial charge < -0.3 is 5.32 Å². The fourth-order valence-corrected chi connectivity index (χ4v) is 1.28. The minimum absolute atomic E-state index is 0.654. The number of aryl methyl sites for hydroxylation is 1. The molecule has 11 heavy (non-hydrogen) atoms. The molecule has 0 radical (unpaired) electrons. The molecule has 1 nitrogen and oxygen atoms in total. The monoisotopic (exact) mass is 147 g/mol. The Kier molecular flexibility index (Phi) is 1.66. The van der Waals surface area contributed by atoms with Crippen LogP contribution in [-0.2, 0) is 6.42 Å². The molecule has 1 heteroatoms. The predicted molar refractivity (Wildman–Crippen MR) is 46.6 cm³/mol. The summed E-state index contributed by atoms with van der Waals surface area (Å²) < 4.78 is 0. The number of hydrogen-bond acceptors (Lipinski definition) is 1. The van der Waals surface area contributed by atoms with E-state index in [1.54, 1.807) is 0 Å². The van der Waals surface area contributed by atoms with Crippen molar-refractivity contribution in [3.63, 3.8) is 0 Å². The maximum absolute atomic E-state index is 3.29. The van der Waals surface area contributed by atoms with Crippen LogP contribution in [0.5, 0.6) is 0 Å². The summed E-state index contributed by atoms with van der Waals surface area (Å²) in [5.41, 5.74) is 2.86. The molecule has 1 fully saturated rings. The molecule has 0 bridgehead atoms. The van der Waals surface area contributed by atoms with Gasteiger partial charge in [0.1, 0.15) is 0 Å². The van der Waals surface area contributed by atoms with E-state index in [9.17, 15) is 0 Å². The Morgan fingerprint density at radius 2 is 2.00 bits per heavy atom. The van der Waals surface area contributed by atoms with E-state index in [0.29, 0.717) is 6.04 Å². The number of nitrogens with one attached hydrogen (secondary N) is 1. The summed E-state index contributed by atoms with van der Waals surface area (Å²) in [6.07, 6.45) is 1.14. The predicted octanol–water partition coefficient (Wildman–Crippen LogP) is 1.89. The van der Waals surface area contributed by atoms with Gasteiger partial charge >= 0.3 is 0 Å². The highest BCUT2D eigenvalue weighted by molar-refractivity contribution is 5.27. The average Bonchev–Trinajstić information content (AvgIpc) is 2.87. The lowest BCUT2D eigenvalue weighted by Gasteiger charge is -1.98. The molecule has 0 spiro atoms. The first kappa shape index (κ1) is 6.86. The van der Waals surface area contributed by atoms with Crippen LogP contribution in [0, 0.1) is 0 Å². The Labute approximate surface area is 67.4 Å². The summed E-state index contributed by atoms with van der Waals surface area (Å²) in [4.78, 5) is 0. The van der Waals surface area contributed by atoms with E-state index >= 15 is 0 Å². The minimum atomic E-state index is 0.654. The minimum Gasteiger partial charge on any atom is -0.307 e. The Balaban J connectivity index is 2.19. The van der Waals surface area contributed by atoms with Crippen LogP contribution in [0.15, 0.2) is 24.3 Å². The van der Waals surface area contributed by atoms with Gasteiger partial charge in [0.2, 0.25) is 0 Å². The maximum atomic E-state index is 3.29. The van der Waals surface area contributed by atoms with Crippen LogP contribution in [0.3, 0.4) is 0 Å². The SMILES string of the molecule is CCc1ccc(C2CN2)cc1. The summed E-state index contributed by atoms with van der Waals surface area (Å²) in [5, 5.41) is 3.29. The summed E-state index contributed by atoms with van der Waals surface area (Å²) in [7, 11) is 0. The van der Waals surface area contributed by atoms with Gasteiger partial charge in [-0.25, -0.2) is 0 Å². The fraction of sp³-hybridized carbons (Fsp3) is 0.400. The van der Waals surface area contributed by atoms with Crippen LogP contribution in [0.4, 0.5) is 0 Å². The van der Waals surface area contributed by atoms with Crippen LogP contribution < -0.4 is 5.32 Å². The Bertz CT molecular complexity index is 234. The smallest absolute Gasteiger partial charge is 0.0447 e. The molecule has 1 heterocycles. The highest BCUT2D eigenvalue weighted by Crippen LogP contribution is 2.21. The van der Waals surface area contributed by atoms with Crippen molar-refractivity contribution >= 4 is 0 Å². The Morgan fingerprint density at radius 3 is 2.45 bits per heavy atom. The Morgan fingerprint density at radius 1 is 1.36 bits per heavy atom. The van der Waals surface area contributed by atoms with Gasteiger partial charge in [0.05, 0.1) is 0 Å². The van der Waals surface area contributed by atoms with Crippen molar-refractivity contribution < 1.29 is 0 Å². The van der Waals surface area contributed by atoms with E-state index in [1.807, 2.05) is 0 Å². The van der Waals surface area contributed by atoms with Crippen LogP contribution in [-0.4, -0.2) is 6.54 Å². The maximum Gasteiger partial charge on any atom is 0.0447 e. The second-order valence-electron chi connectivity index (χ2n) is 3.06. The molecule has 1 atom stereocenters. The molecule has 0 aromatic heterocycles. The zero-order chi connectivity index (χ0) is 7.68. The molecular weight excluding hydrogens is 134 g/mol. The molecule has 1 saturated heterocycles. The topological polar surface area (TPSA) is 21.9 Å². The number of rotatable bonds is 2. The summed E-state index contributed by atoms with van der Waals surface area (Å²) in [6.45, 7) is 3.34. The Hall–Kier alpha value is -0.820. The molecule has 0 amide bonds. The molecule has 0 aliphatic carbocycles. The molecule has 1 unspecified atom stereocenters. The average molecular weight is 147 g/mol. The van der Waals surface area contributed by atoms with Gasteiger partial charge in [-0.2, -0.15) is 0 Å². The van der Waals surface area contributed by atoms with Crippen molar-refractivity contribution in [1.29, 1.82) is 0 Å². The van der Waals surface area contributed by atoms with Crippen LogP contribution in [0.1, 0.15) is 24.1 Å². The molecule has 1 aromatic rings. The first-order chi connectivity index (χ1) is 5.40. The largest absolute Gasteiger partial charge is 0.307 e. The van der Waals surface area contributed by atoms with Crippen molar-refractivity contribution in [1.82, 2.24) is 5.32 Å². The van der Waals surface area contributed by atoms with E-state index in [-0.39, 0.29) is 0 Å². The van der Waals surface area contributed by atoms with E-state index in [4.69, 9.17) is 0 Å². The van der Waals surface area contributed by atoms with Gasteiger partial charge in [-0.3, -0.25) is 0 Å². The molecule has 1 N–H and O–H groups in total. The zero-order valence-corrected chi connectivity index (χ0v) is 6.80. The molecule has 58 valence electrons. The highest BCUT2D eigenvalue weighted by Gasteiger charge is 2.21. The van der Waals surface area contributed by atoms with E-state index in [0.717, 1.165) is 13.0 Å². The molecule has 1 aliphatic rings. The summed E-state index contributed by atoms with van der Waals surface area (Å²) >= 11 is 0. The van der Waals surface area contributed by atoms with Gasteiger partial charge in [0.25, 0.3) is 0 Å². The molecular formula is C10H13N. The molecule has 1 aromatic carbocycles. The lowest BCUT2D eigenvalue weighted by molar-refractivity contribution is 1.06. The summed E-state index contributed by atoms with van der Waals surface area (Å²) in [6, 6.07) is 9.54. The standard InChI is InChI=1S/C10H13N/c1-2-8-3-5-9(6-4-8)10-7-11-10/h3-6,10-11H,2,7H2,1H3. The van der Waals surface area contributed by atoms with Gasteiger partial charge in [0.15, 0.2) is 0 Å². The lowest BCUT2D eigenvalue weighted by atomic mass is 10.1. The van der Waals surface area contributed by atoms with Crippen LogP contribution in [0.2, 0.25) is 0 Å². The summed E-state index contributed by atoms with van der Waals surface area (Å²) in [5.74, 6) is 0. The first-order valence-electron chi connectivity index (χ1n) is 4.22. The van der Waals surface area contributed by atoms with E-state index < -0.39 is 0 Å². The van der Waals surface area contributed by atoms with Crippen molar-refractivity contribution in [3.8, 4) is 0 Å². The second-order valence-corrected chi connectivity index (χ2v) is 3.06. The number of benzene rings is 1. The zero-order valence-electron chi connectivity index (χ0n) is 6.80. The van der Waals surface area contributed by atoms with Gasteiger partial charge in [-0.15, -0.1) is 0 Å². The molecule has 2 rings (SSSR count).